The average molecular weight is 459 g/mol. The van der Waals surface area contributed by atoms with Gasteiger partial charge in [-0.25, -0.2) is 0 Å². The average Bonchev–Trinajstić information content (AvgIpc) is 3.22. The van der Waals surface area contributed by atoms with Gasteiger partial charge in [0.25, 0.3) is 0 Å². The number of nitrogens with zero attached hydrogens (tertiary/aromatic N) is 2. The molecule has 0 bridgehead atoms. The Kier molecular flexibility index (Phi) is 5.66. The third-order valence-corrected chi connectivity index (χ3v) is 6.60. The summed E-state index contributed by atoms with van der Waals surface area (Å²) in [5, 5.41) is 11.0. The molecule has 0 radical (unpaired) electrons. The summed E-state index contributed by atoms with van der Waals surface area (Å²) in [7, 11) is 1.55. The van der Waals surface area contributed by atoms with Crippen molar-refractivity contribution in [2.75, 3.05) is 7.11 Å². The van der Waals surface area contributed by atoms with Crippen LogP contribution in [0.2, 0.25) is 0 Å². The first-order valence-corrected chi connectivity index (χ1v) is 10.5. The van der Waals surface area contributed by atoms with Crippen LogP contribution in [0.25, 0.3) is 21.3 Å². The quantitative estimate of drug-likeness (QED) is 0.430. The lowest BCUT2D eigenvalue weighted by atomic mass is 9.94. The second-order valence-electron chi connectivity index (χ2n) is 7.44. The number of hydrogen-bond donors (Lipinski definition) is 2. The second-order valence-corrected chi connectivity index (χ2v) is 8.52. The predicted molar refractivity (Wildman–Crippen MR) is 118 cm³/mol. The second kappa shape index (κ2) is 8.16. The zero-order chi connectivity index (χ0) is 23.1. The molecule has 3 N–H and O–H groups in total. The van der Waals surface area contributed by atoms with E-state index in [9.17, 15) is 18.3 Å². The molecule has 32 heavy (non-hydrogen) atoms. The number of thiophene rings is 1. The maximum atomic E-state index is 13.3. The molecule has 0 aliphatic carbocycles. The van der Waals surface area contributed by atoms with Crippen LogP contribution in [0.5, 0.6) is 5.75 Å². The molecule has 9 heteroatoms. The van der Waals surface area contributed by atoms with Crippen molar-refractivity contribution in [3.63, 3.8) is 0 Å². The summed E-state index contributed by atoms with van der Waals surface area (Å²) in [5.74, 6) is 0.571. The summed E-state index contributed by atoms with van der Waals surface area (Å²) >= 11 is 1.41. The Labute approximate surface area is 186 Å². The monoisotopic (exact) mass is 459 g/mol. The molecule has 4 aromatic rings. The first kappa shape index (κ1) is 22.2. The minimum atomic E-state index is -4.82. The Morgan fingerprint density at radius 3 is 2.56 bits per heavy atom. The van der Waals surface area contributed by atoms with E-state index in [0.717, 1.165) is 21.9 Å². The SMILES string of the molecule is COc1cccnc1[C@@H](N)c1cc2cccc(-c3cc([C@@](C)(O)C(F)(F)F)ccn3)c2s1. The van der Waals surface area contributed by atoms with Crippen molar-refractivity contribution in [2.45, 2.75) is 24.7 Å². The third-order valence-electron chi connectivity index (χ3n) is 5.33. The normalized spacial score (nSPS) is 14.8. The first-order valence-electron chi connectivity index (χ1n) is 9.66. The summed E-state index contributed by atoms with van der Waals surface area (Å²) in [4.78, 5) is 9.43. The maximum Gasteiger partial charge on any atom is 0.421 e. The summed E-state index contributed by atoms with van der Waals surface area (Å²) in [5.41, 5.74) is 4.77. The van der Waals surface area contributed by atoms with Gasteiger partial charge in [-0.1, -0.05) is 18.2 Å². The van der Waals surface area contributed by atoms with Gasteiger partial charge in [0.2, 0.25) is 0 Å². The summed E-state index contributed by atoms with van der Waals surface area (Å²) < 4.78 is 46.2. The van der Waals surface area contributed by atoms with Gasteiger partial charge in [-0.2, -0.15) is 13.2 Å². The molecule has 166 valence electrons. The van der Waals surface area contributed by atoms with E-state index in [1.54, 1.807) is 37.6 Å². The molecular weight excluding hydrogens is 439 g/mol. The lowest BCUT2D eigenvalue weighted by Crippen LogP contribution is -2.39. The molecule has 0 spiro atoms. The maximum absolute atomic E-state index is 13.3. The van der Waals surface area contributed by atoms with E-state index in [0.29, 0.717) is 22.7 Å². The Hall–Kier alpha value is -3.01. The van der Waals surface area contributed by atoms with Gasteiger partial charge in [-0.15, -0.1) is 11.3 Å². The van der Waals surface area contributed by atoms with Crippen molar-refractivity contribution in [1.82, 2.24) is 9.97 Å². The fraction of sp³-hybridized carbons (Fsp3) is 0.217. The Balaban J connectivity index is 1.80. The molecule has 4 rings (SSSR count). The number of benzene rings is 1. The van der Waals surface area contributed by atoms with Gasteiger partial charge < -0.3 is 15.6 Å². The van der Waals surface area contributed by atoms with Crippen LogP contribution < -0.4 is 10.5 Å². The number of nitrogens with two attached hydrogens (primary N) is 1. The van der Waals surface area contributed by atoms with Crippen molar-refractivity contribution >= 4 is 21.4 Å². The van der Waals surface area contributed by atoms with E-state index >= 15 is 0 Å². The number of halogens is 3. The van der Waals surface area contributed by atoms with Crippen LogP contribution in [0.3, 0.4) is 0 Å². The molecule has 1 aromatic carbocycles. The molecule has 0 saturated carbocycles. The highest BCUT2D eigenvalue weighted by atomic mass is 32.1. The van der Waals surface area contributed by atoms with Gasteiger partial charge in [-0.3, -0.25) is 9.97 Å². The third kappa shape index (κ3) is 3.83. The van der Waals surface area contributed by atoms with Crippen molar-refractivity contribution < 1.29 is 23.0 Å². The molecule has 3 aromatic heterocycles. The largest absolute Gasteiger partial charge is 0.495 e. The lowest BCUT2D eigenvalue weighted by molar-refractivity contribution is -0.258. The minimum Gasteiger partial charge on any atom is -0.495 e. The number of aliphatic hydroxyl groups is 1. The van der Waals surface area contributed by atoms with Gasteiger partial charge in [0.15, 0.2) is 5.60 Å². The number of rotatable bonds is 5. The van der Waals surface area contributed by atoms with Gasteiger partial charge in [0.1, 0.15) is 11.4 Å². The van der Waals surface area contributed by atoms with Gasteiger partial charge in [0.05, 0.1) is 18.8 Å². The van der Waals surface area contributed by atoms with E-state index in [2.05, 4.69) is 9.97 Å². The summed E-state index contributed by atoms with van der Waals surface area (Å²) in [6.45, 7) is 0.731. The Morgan fingerprint density at radius 2 is 1.84 bits per heavy atom. The Bertz CT molecular complexity index is 1270. The fourth-order valence-electron chi connectivity index (χ4n) is 3.43. The number of alkyl halides is 3. The number of hydrogen-bond acceptors (Lipinski definition) is 6. The van der Waals surface area contributed by atoms with E-state index in [1.807, 2.05) is 12.1 Å². The van der Waals surface area contributed by atoms with E-state index < -0.39 is 17.8 Å². The topological polar surface area (TPSA) is 81.3 Å². The molecule has 0 aliphatic heterocycles. The van der Waals surface area contributed by atoms with Crippen molar-refractivity contribution in [1.29, 1.82) is 0 Å². The van der Waals surface area contributed by atoms with Gasteiger partial charge in [-0.05, 0) is 48.2 Å². The van der Waals surface area contributed by atoms with E-state index in [1.165, 1.54) is 29.7 Å². The lowest BCUT2D eigenvalue weighted by Gasteiger charge is -2.26. The van der Waals surface area contributed by atoms with Crippen LogP contribution in [-0.4, -0.2) is 28.4 Å². The van der Waals surface area contributed by atoms with Crippen LogP contribution >= 0.6 is 11.3 Å². The van der Waals surface area contributed by atoms with Crippen molar-refractivity contribution in [3.8, 4) is 17.0 Å². The highest BCUT2D eigenvalue weighted by molar-refractivity contribution is 7.19. The molecule has 3 heterocycles. The molecule has 0 saturated heterocycles. The Morgan fingerprint density at radius 1 is 1.06 bits per heavy atom. The standard InChI is InChI=1S/C23H20F3N3O2S/c1-22(30,23(24,25)26)14-8-10-28-16(12-14)15-6-3-5-13-11-18(32-21(13)15)19(27)20-17(31-2)7-4-9-29-20/h3-12,19,30H,27H2,1-2H3/t19-,22+/m0/s1. The fourth-order valence-corrected chi connectivity index (χ4v) is 4.61. The number of ether oxygens (including phenoxy) is 1. The van der Waals surface area contributed by atoms with Crippen molar-refractivity contribution in [2.24, 2.45) is 5.73 Å². The van der Waals surface area contributed by atoms with Crippen LogP contribution in [0.4, 0.5) is 13.2 Å². The minimum absolute atomic E-state index is 0.279. The molecule has 0 amide bonds. The van der Waals surface area contributed by atoms with Gasteiger partial charge in [0, 0.05) is 27.5 Å². The van der Waals surface area contributed by atoms with Gasteiger partial charge >= 0.3 is 6.18 Å². The first-order chi connectivity index (χ1) is 15.1. The highest BCUT2D eigenvalue weighted by Crippen LogP contribution is 2.41. The zero-order valence-electron chi connectivity index (χ0n) is 17.2. The van der Waals surface area contributed by atoms with Crippen molar-refractivity contribution in [3.05, 3.63) is 77.1 Å². The number of fused-ring (bicyclic) bond motifs is 1. The molecule has 2 atom stereocenters. The summed E-state index contributed by atoms with van der Waals surface area (Å²) in [6, 6.07) is 12.8. The predicted octanol–water partition coefficient (Wildman–Crippen LogP) is 5.18. The molecule has 0 unspecified atom stereocenters. The molecule has 5 nitrogen and oxygen atoms in total. The van der Waals surface area contributed by atoms with E-state index in [4.69, 9.17) is 10.5 Å². The van der Waals surface area contributed by atoms with Crippen LogP contribution in [-0.2, 0) is 5.60 Å². The van der Waals surface area contributed by atoms with Crippen LogP contribution in [0.15, 0.2) is 60.9 Å². The number of aromatic nitrogens is 2. The number of methoxy groups -OCH3 is 1. The molecular formula is C23H20F3N3O2S. The molecule has 0 fully saturated rings. The zero-order valence-corrected chi connectivity index (χ0v) is 18.0. The summed E-state index contributed by atoms with van der Waals surface area (Å²) in [6.07, 6.45) is -1.91. The molecule has 0 aliphatic rings. The number of pyridine rings is 2. The van der Waals surface area contributed by atoms with Crippen LogP contribution in [0.1, 0.15) is 29.1 Å². The smallest absolute Gasteiger partial charge is 0.421 e. The van der Waals surface area contributed by atoms with Crippen LogP contribution in [0, 0.1) is 0 Å². The van der Waals surface area contributed by atoms with E-state index in [-0.39, 0.29) is 5.56 Å². The highest BCUT2D eigenvalue weighted by Gasteiger charge is 2.51.